The normalized spacial score (nSPS) is 10.5. The molecule has 2 amide bonds. The highest BCUT2D eigenvalue weighted by atomic mass is 32.1. The van der Waals surface area contributed by atoms with E-state index in [4.69, 9.17) is 17.0 Å². The van der Waals surface area contributed by atoms with Gasteiger partial charge in [-0.15, -0.1) is 0 Å². The van der Waals surface area contributed by atoms with Gasteiger partial charge in [0.25, 0.3) is 11.8 Å². The summed E-state index contributed by atoms with van der Waals surface area (Å²) >= 11 is 5.26. The number of rotatable bonds is 6. The Morgan fingerprint density at radius 1 is 0.893 bits per heavy atom. The monoisotopic (exact) mass is 399 g/mol. The fourth-order valence-corrected chi connectivity index (χ4v) is 2.67. The molecule has 0 saturated carbocycles. The number of carbonyl (C=O) groups is 2. The lowest BCUT2D eigenvalue weighted by atomic mass is 10.1. The molecular weight excluding hydrogens is 374 g/mol. The molecule has 0 aliphatic heterocycles. The Hall–Kier alpha value is -2.93. The van der Waals surface area contributed by atoms with E-state index < -0.39 is 5.91 Å². The maximum Gasteiger partial charge on any atom is 0.261 e. The smallest absolute Gasteiger partial charge is 0.261 e. The van der Waals surface area contributed by atoms with Gasteiger partial charge in [-0.2, -0.15) is 0 Å². The van der Waals surface area contributed by atoms with Crippen molar-refractivity contribution in [2.24, 2.45) is 0 Å². The van der Waals surface area contributed by atoms with Crippen LogP contribution in [-0.2, 0) is 0 Å². The van der Waals surface area contributed by atoms with Crippen LogP contribution in [0.25, 0.3) is 0 Å². The van der Waals surface area contributed by atoms with Crippen LogP contribution in [0.15, 0.2) is 48.5 Å². The Balaban J connectivity index is 2.11. The summed E-state index contributed by atoms with van der Waals surface area (Å²) in [6, 6.07) is 13.9. The zero-order chi connectivity index (χ0) is 20.7. The standard InChI is InChI=1S/C21H25N3O3S/c1-13(2)22-19(25)15-9-5-7-11-17(15)23-21(28)24-20(26)16-10-6-8-12-18(16)27-14(3)4/h5-14H,1-4H3,(H,22,25)(H2,23,24,26,28). The van der Waals surface area contributed by atoms with Crippen LogP contribution in [-0.4, -0.2) is 29.1 Å². The summed E-state index contributed by atoms with van der Waals surface area (Å²) in [5.74, 6) is -0.129. The summed E-state index contributed by atoms with van der Waals surface area (Å²) in [5, 5.41) is 8.49. The van der Waals surface area contributed by atoms with Gasteiger partial charge in [0.05, 0.1) is 22.9 Å². The topological polar surface area (TPSA) is 79.5 Å². The van der Waals surface area contributed by atoms with Crippen LogP contribution >= 0.6 is 12.2 Å². The van der Waals surface area contributed by atoms with Gasteiger partial charge in [-0.25, -0.2) is 0 Å². The van der Waals surface area contributed by atoms with Crippen LogP contribution in [0.2, 0.25) is 0 Å². The number of thiocarbonyl (C=S) groups is 1. The molecule has 28 heavy (non-hydrogen) atoms. The fourth-order valence-electron chi connectivity index (χ4n) is 2.47. The molecule has 0 aliphatic rings. The van der Waals surface area contributed by atoms with E-state index in [-0.39, 0.29) is 23.2 Å². The minimum atomic E-state index is -0.391. The maximum atomic E-state index is 12.6. The average molecular weight is 400 g/mol. The van der Waals surface area contributed by atoms with Crippen LogP contribution in [0.3, 0.4) is 0 Å². The molecule has 0 saturated heterocycles. The predicted octanol–water partition coefficient (Wildman–Crippen LogP) is 3.74. The Bertz CT molecular complexity index is 865. The van der Waals surface area contributed by atoms with Gasteiger partial charge in [0.1, 0.15) is 5.75 Å². The van der Waals surface area contributed by atoms with E-state index in [0.29, 0.717) is 22.6 Å². The minimum Gasteiger partial charge on any atom is -0.490 e. The Morgan fingerprint density at radius 2 is 1.50 bits per heavy atom. The Labute approximate surface area is 170 Å². The van der Waals surface area contributed by atoms with Crippen LogP contribution in [0, 0.1) is 0 Å². The summed E-state index contributed by atoms with van der Waals surface area (Å²) in [5.41, 5.74) is 1.33. The number of amides is 2. The highest BCUT2D eigenvalue weighted by Gasteiger charge is 2.16. The van der Waals surface area contributed by atoms with Gasteiger partial charge in [0.15, 0.2) is 5.11 Å². The molecule has 2 rings (SSSR count). The number of hydrogen-bond acceptors (Lipinski definition) is 4. The molecule has 0 bridgehead atoms. The molecule has 0 aliphatic carbocycles. The van der Waals surface area contributed by atoms with Gasteiger partial charge in [0.2, 0.25) is 0 Å². The van der Waals surface area contributed by atoms with Crippen LogP contribution in [0.1, 0.15) is 48.4 Å². The molecule has 0 fully saturated rings. The van der Waals surface area contributed by atoms with E-state index in [1.54, 1.807) is 48.5 Å². The Morgan fingerprint density at radius 3 is 2.14 bits per heavy atom. The second-order valence-corrected chi connectivity index (χ2v) is 7.15. The molecular formula is C21H25N3O3S. The number of anilines is 1. The highest BCUT2D eigenvalue weighted by Crippen LogP contribution is 2.20. The van der Waals surface area contributed by atoms with Gasteiger partial charge in [-0.1, -0.05) is 24.3 Å². The van der Waals surface area contributed by atoms with Crippen molar-refractivity contribution < 1.29 is 14.3 Å². The van der Waals surface area contributed by atoms with Gasteiger partial charge in [-0.05, 0) is 64.2 Å². The summed E-state index contributed by atoms with van der Waals surface area (Å²) in [6.07, 6.45) is -0.0645. The molecule has 2 aromatic rings. The lowest BCUT2D eigenvalue weighted by molar-refractivity contribution is 0.0942. The molecule has 2 aromatic carbocycles. The second-order valence-electron chi connectivity index (χ2n) is 6.74. The van der Waals surface area contributed by atoms with Crippen molar-refractivity contribution in [2.75, 3.05) is 5.32 Å². The number of para-hydroxylation sites is 2. The van der Waals surface area contributed by atoms with Crippen molar-refractivity contribution in [2.45, 2.75) is 39.8 Å². The molecule has 0 heterocycles. The van der Waals surface area contributed by atoms with Gasteiger partial charge >= 0.3 is 0 Å². The quantitative estimate of drug-likeness (QED) is 0.645. The molecule has 0 atom stereocenters. The number of hydrogen-bond donors (Lipinski definition) is 3. The molecule has 7 heteroatoms. The van der Waals surface area contributed by atoms with Gasteiger partial charge in [-0.3, -0.25) is 14.9 Å². The highest BCUT2D eigenvalue weighted by molar-refractivity contribution is 7.80. The zero-order valence-corrected chi connectivity index (χ0v) is 17.2. The molecule has 0 aromatic heterocycles. The first-order chi connectivity index (χ1) is 13.3. The van der Waals surface area contributed by atoms with Crippen molar-refractivity contribution in [3.63, 3.8) is 0 Å². The molecule has 148 valence electrons. The summed E-state index contributed by atoms with van der Waals surface area (Å²) in [7, 11) is 0. The van der Waals surface area contributed by atoms with E-state index in [1.807, 2.05) is 27.7 Å². The summed E-state index contributed by atoms with van der Waals surface area (Å²) in [4.78, 5) is 25.0. The summed E-state index contributed by atoms with van der Waals surface area (Å²) in [6.45, 7) is 7.55. The van der Waals surface area contributed by atoms with Crippen LogP contribution < -0.4 is 20.7 Å². The first-order valence-electron chi connectivity index (χ1n) is 9.05. The number of nitrogens with one attached hydrogen (secondary N) is 3. The number of benzene rings is 2. The fraction of sp³-hybridized carbons (Fsp3) is 0.286. The minimum absolute atomic E-state index is 0.00432. The predicted molar refractivity (Wildman–Crippen MR) is 115 cm³/mol. The van der Waals surface area contributed by atoms with Crippen molar-refractivity contribution in [1.29, 1.82) is 0 Å². The van der Waals surface area contributed by atoms with Gasteiger partial charge in [0, 0.05) is 6.04 Å². The third kappa shape index (κ3) is 6.06. The zero-order valence-electron chi connectivity index (χ0n) is 16.4. The maximum absolute atomic E-state index is 12.6. The first kappa shape index (κ1) is 21.4. The third-order valence-corrected chi connectivity index (χ3v) is 3.77. The molecule has 0 unspecified atom stereocenters. The van der Waals surface area contributed by atoms with E-state index >= 15 is 0 Å². The van der Waals surface area contributed by atoms with Crippen LogP contribution in [0.5, 0.6) is 5.75 Å². The molecule has 3 N–H and O–H groups in total. The van der Waals surface area contributed by atoms with Crippen molar-refractivity contribution in [1.82, 2.24) is 10.6 Å². The third-order valence-electron chi connectivity index (χ3n) is 3.56. The largest absolute Gasteiger partial charge is 0.490 e. The molecule has 0 radical (unpaired) electrons. The van der Waals surface area contributed by atoms with Crippen LogP contribution in [0.4, 0.5) is 5.69 Å². The van der Waals surface area contributed by atoms with E-state index in [9.17, 15) is 9.59 Å². The average Bonchev–Trinajstić information content (AvgIpc) is 2.61. The van der Waals surface area contributed by atoms with E-state index in [0.717, 1.165) is 0 Å². The lowest BCUT2D eigenvalue weighted by Crippen LogP contribution is -2.36. The first-order valence-corrected chi connectivity index (χ1v) is 9.46. The number of carbonyl (C=O) groups excluding carboxylic acids is 2. The van der Waals surface area contributed by atoms with Gasteiger partial charge < -0.3 is 15.4 Å². The lowest BCUT2D eigenvalue weighted by Gasteiger charge is -2.16. The second kappa shape index (κ2) is 9.85. The molecule has 6 nitrogen and oxygen atoms in total. The van der Waals surface area contributed by atoms with Crippen molar-refractivity contribution >= 4 is 34.8 Å². The molecule has 0 spiro atoms. The Kier molecular flexibility index (Phi) is 7.52. The van der Waals surface area contributed by atoms with E-state index in [2.05, 4.69) is 16.0 Å². The van der Waals surface area contributed by atoms with Crippen molar-refractivity contribution in [3.05, 3.63) is 59.7 Å². The van der Waals surface area contributed by atoms with Crippen molar-refractivity contribution in [3.8, 4) is 5.75 Å². The summed E-state index contributed by atoms with van der Waals surface area (Å²) < 4.78 is 5.68. The SMILES string of the molecule is CC(C)NC(=O)c1ccccc1NC(=S)NC(=O)c1ccccc1OC(C)C. The van der Waals surface area contributed by atoms with E-state index in [1.165, 1.54) is 0 Å². The number of ether oxygens (including phenoxy) is 1.